The fourth-order valence-electron chi connectivity index (χ4n) is 2.55. The molecular weight excluding hydrogens is 308 g/mol. The Kier molecular flexibility index (Phi) is 4.42. The van der Waals surface area contributed by atoms with Gasteiger partial charge in [-0.1, -0.05) is 30.3 Å². The molecule has 3 rings (SSSR count). The van der Waals surface area contributed by atoms with Gasteiger partial charge in [0.25, 0.3) is 5.69 Å². The number of benzene rings is 2. The number of hydrogen-bond acceptors (Lipinski definition) is 3. The molecule has 0 unspecified atom stereocenters. The molecule has 0 fully saturated rings. The van der Waals surface area contributed by atoms with Crippen LogP contribution in [-0.2, 0) is 6.42 Å². The molecule has 1 heterocycles. The molecule has 3 aromatic rings. The number of urea groups is 1. The number of aromatic amines is 1. The average Bonchev–Trinajstić information content (AvgIpc) is 2.98. The maximum absolute atomic E-state index is 11.9. The van der Waals surface area contributed by atoms with Gasteiger partial charge in [-0.25, -0.2) is 4.79 Å². The highest BCUT2D eigenvalue weighted by atomic mass is 16.6. The van der Waals surface area contributed by atoms with Crippen molar-refractivity contribution in [1.29, 1.82) is 0 Å². The second kappa shape index (κ2) is 6.82. The summed E-state index contributed by atoms with van der Waals surface area (Å²) in [5.74, 6) is 0. The highest BCUT2D eigenvalue weighted by Gasteiger charge is 2.14. The van der Waals surface area contributed by atoms with Crippen LogP contribution in [0.25, 0.3) is 10.9 Å². The van der Waals surface area contributed by atoms with E-state index >= 15 is 0 Å². The molecule has 0 atom stereocenters. The Bertz CT molecular complexity index is 888. The number of hydrogen-bond donors (Lipinski definition) is 3. The van der Waals surface area contributed by atoms with Crippen LogP contribution in [0.15, 0.2) is 54.7 Å². The van der Waals surface area contributed by atoms with E-state index in [0.29, 0.717) is 13.0 Å². The summed E-state index contributed by atoms with van der Waals surface area (Å²) in [5.41, 5.74) is 2.20. The minimum Gasteiger partial charge on any atom is -0.361 e. The van der Waals surface area contributed by atoms with Crippen LogP contribution in [0, 0.1) is 10.1 Å². The van der Waals surface area contributed by atoms with Crippen LogP contribution in [0.2, 0.25) is 0 Å². The summed E-state index contributed by atoms with van der Waals surface area (Å²) >= 11 is 0. The molecule has 2 aromatic carbocycles. The number of H-pyrrole nitrogens is 1. The van der Waals surface area contributed by atoms with Gasteiger partial charge in [-0.2, -0.15) is 0 Å². The summed E-state index contributed by atoms with van der Waals surface area (Å²) < 4.78 is 0. The molecule has 0 saturated carbocycles. The standard InChI is InChI=1S/C17H16N4O3/c22-17(20-15-7-3-4-8-16(15)21(23)24)18-10-9-12-11-19-14-6-2-1-5-13(12)14/h1-8,11,19H,9-10H2,(H2,18,20,22). The molecule has 0 aliphatic heterocycles. The van der Waals surface area contributed by atoms with E-state index in [1.165, 1.54) is 12.1 Å². The summed E-state index contributed by atoms with van der Waals surface area (Å²) in [7, 11) is 0. The van der Waals surface area contributed by atoms with E-state index in [4.69, 9.17) is 0 Å². The van der Waals surface area contributed by atoms with Gasteiger partial charge < -0.3 is 15.6 Å². The summed E-state index contributed by atoms with van der Waals surface area (Å²) in [6, 6.07) is 13.5. The maximum atomic E-state index is 11.9. The Balaban J connectivity index is 1.58. The summed E-state index contributed by atoms with van der Waals surface area (Å²) in [6.07, 6.45) is 2.58. The van der Waals surface area contributed by atoms with Gasteiger partial charge in [-0.05, 0) is 24.1 Å². The number of nitro groups is 1. The van der Waals surface area contributed by atoms with Gasteiger partial charge in [-0.15, -0.1) is 0 Å². The zero-order valence-corrected chi connectivity index (χ0v) is 12.8. The molecule has 122 valence electrons. The first kappa shape index (κ1) is 15.5. The molecule has 0 aliphatic carbocycles. The van der Waals surface area contributed by atoms with Crippen LogP contribution in [0.5, 0.6) is 0 Å². The van der Waals surface area contributed by atoms with E-state index < -0.39 is 11.0 Å². The van der Waals surface area contributed by atoms with Crippen molar-refractivity contribution < 1.29 is 9.72 Å². The number of nitrogens with one attached hydrogen (secondary N) is 3. The SMILES string of the molecule is O=C(NCCc1c[nH]c2ccccc12)Nc1ccccc1[N+](=O)[O-]. The number of carbonyl (C=O) groups excluding carboxylic acids is 1. The first-order valence-electron chi connectivity index (χ1n) is 7.48. The molecule has 0 radical (unpaired) electrons. The smallest absolute Gasteiger partial charge is 0.319 e. The Hall–Kier alpha value is -3.35. The molecule has 1 aromatic heterocycles. The Labute approximate surface area is 137 Å². The normalized spacial score (nSPS) is 10.5. The first-order valence-corrected chi connectivity index (χ1v) is 7.48. The number of para-hydroxylation sites is 3. The van der Waals surface area contributed by atoms with Crippen molar-refractivity contribution in [3.8, 4) is 0 Å². The third kappa shape index (κ3) is 3.35. The van der Waals surface area contributed by atoms with Crippen molar-refractivity contribution in [2.24, 2.45) is 0 Å². The molecule has 3 N–H and O–H groups in total. The molecule has 0 bridgehead atoms. The highest BCUT2D eigenvalue weighted by molar-refractivity contribution is 5.91. The second-order valence-electron chi connectivity index (χ2n) is 5.26. The fourth-order valence-corrected chi connectivity index (χ4v) is 2.55. The highest BCUT2D eigenvalue weighted by Crippen LogP contribution is 2.23. The average molecular weight is 324 g/mol. The minimum absolute atomic E-state index is 0.135. The largest absolute Gasteiger partial charge is 0.361 e. The van der Waals surface area contributed by atoms with E-state index in [9.17, 15) is 14.9 Å². The molecule has 7 nitrogen and oxygen atoms in total. The first-order chi connectivity index (χ1) is 11.6. The molecule has 0 spiro atoms. The van der Waals surface area contributed by atoms with E-state index in [-0.39, 0.29) is 11.4 Å². The number of fused-ring (bicyclic) bond motifs is 1. The third-order valence-electron chi connectivity index (χ3n) is 3.70. The number of nitro benzene ring substituents is 1. The summed E-state index contributed by atoms with van der Waals surface area (Å²) in [6.45, 7) is 0.425. The zero-order valence-electron chi connectivity index (χ0n) is 12.8. The quantitative estimate of drug-likeness (QED) is 0.495. The lowest BCUT2D eigenvalue weighted by Gasteiger charge is -2.07. The predicted molar refractivity (Wildman–Crippen MR) is 92.1 cm³/mol. The monoisotopic (exact) mass is 324 g/mol. The molecular formula is C17H16N4O3. The zero-order chi connectivity index (χ0) is 16.9. The van der Waals surface area contributed by atoms with Crippen molar-refractivity contribution in [3.63, 3.8) is 0 Å². The Morgan fingerprint density at radius 3 is 2.71 bits per heavy atom. The fraction of sp³-hybridized carbons (Fsp3) is 0.118. The van der Waals surface area contributed by atoms with E-state index in [2.05, 4.69) is 15.6 Å². The third-order valence-corrected chi connectivity index (χ3v) is 3.70. The molecule has 0 aliphatic rings. The second-order valence-corrected chi connectivity index (χ2v) is 5.26. The van der Waals surface area contributed by atoms with E-state index in [1.54, 1.807) is 12.1 Å². The lowest BCUT2D eigenvalue weighted by atomic mass is 10.1. The van der Waals surface area contributed by atoms with E-state index in [1.807, 2.05) is 30.5 Å². The van der Waals surface area contributed by atoms with E-state index in [0.717, 1.165) is 16.5 Å². The number of anilines is 1. The van der Waals surface area contributed by atoms with Crippen LogP contribution in [-0.4, -0.2) is 22.5 Å². The predicted octanol–water partition coefficient (Wildman–Crippen LogP) is 3.44. The van der Waals surface area contributed by atoms with Gasteiger partial charge in [0.05, 0.1) is 4.92 Å². The number of aromatic nitrogens is 1. The lowest BCUT2D eigenvalue weighted by Crippen LogP contribution is -2.30. The Morgan fingerprint density at radius 1 is 1.12 bits per heavy atom. The van der Waals surface area contributed by atoms with Gasteiger partial charge in [0.15, 0.2) is 0 Å². The van der Waals surface area contributed by atoms with Crippen molar-refractivity contribution in [2.75, 3.05) is 11.9 Å². The lowest BCUT2D eigenvalue weighted by molar-refractivity contribution is -0.383. The van der Waals surface area contributed by atoms with Gasteiger partial charge in [0.1, 0.15) is 5.69 Å². The number of rotatable bonds is 5. The molecule has 7 heteroatoms. The van der Waals surface area contributed by atoms with Gasteiger partial charge in [-0.3, -0.25) is 10.1 Å². The summed E-state index contributed by atoms with van der Waals surface area (Å²) in [4.78, 5) is 25.5. The van der Waals surface area contributed by atoms with Crippen LogP contribution < -0.4 is 10.6 Å². The van der Waals surface area contributed by atoms with Crippen LogP contribution in [0.1, 0.15) is 5.56 Å². The van der Waals surface area contributed by atoms with Crippen LogP contribution >= 0.6 is 0 Å². The van der Waals surface area contributed by atoms with Gasteiger partial charge in [0, 0.05) is 29.7 Å². The molecule has 2 amide bonds. The number of nitrogens with zero attached hydrogens (tertiary/aromatic N) is 1. The number of amides is 2. The molecule has 24 heavy (non-hydrogen) atoms. The van der Waals surface area contributed by atoms with Crippen molar-refractivity contribution in [3.05, 3.63) is 70.4 Å². The van der Waals surface area contributed by atoms with Crippen LogP contribution in [0.3, 0.4) is 0 Å². The molecule has 0 saturated heterocycles. The number of carbonyl (C=O) groups is 1. The minimum atomic E-state index is -0.526. The van der Waals surface area contributed by atoms with Crippen molar-refractivity contribution >= 4 is 28.3 Å². The maximum Gasteiger partial charge on any atom is 0.319 e. The van der Waals surface area contributed by atoms with Gasteiger partial charge >= 0.3 is 6.03 Å². The van der Waals surface area contributed by atoms with Gasteiger partial charge in [0.2, 0.25) is 0 Å². The Morgan fingerprint density at radius 2 is 1.88 bits per heavy atom. The van der Waals surface area contributed by atoms with Crippen molar-refractivity contribution in [1.82, 2.24) is 10.3 Å². The van der Waals surface area contributed by atoms with Crippen molar-refractivity contribution in [2.45, 2.75) is 6.42 Å². The van der Waals surface area contributed by atoms with Crippen LogP contribution in [0.4, 0.5) is 16.2 Å². The summed E-state index contributed by atoms with van der Waals surface area (Å²) in [5, 5.41) is 17.3. The topological polar surface area (TPSA) is 100 Å².